The molecule has 156 valence electrons. The van der Waals surface area contributed by atoms with Crippen LogP contribution in [0.1, 0.15) is 24.8 Å². The molecule has 2 aromatic rings. The molecular weight excluding hydrogens is 372 g/mol. The first-order chi connectivity index (χ1) is 14.8. The third-order valence-electron chi connectivity index (χ3n) is 6.10. The molecule has 1 saturated heterocycles. The van der Waals surface area contributed by atoms with E-state index >= 15 is 0 Å². The van der Waals surface area contributed by atoms with Gasteiger partial charge in [-0.15, -0.1) is 6.58 Å². The molecule has 1 fully saturated rings. The Morgan fingerprint density at radius 3 is 2.57 bits per heavy atom. The van der Waals surface area contributed by atoms with Crippen LogP contribution >= 0.6 is 0 Å². The number of benzene rings is 2. The number of hydrogen-bond acceptors (Lipinski definition) is 3. The van der Waals surface area contributed by atoms with Crippen molar-refractivity contribution in [2.75, 3.05) is 26.2 Å². The first-order valence-electron chi connectivity index (χ1n) is 10.8. The van der Waals surface area contributed by atoms with Crippen molar-refractivity contribution in [1.82, 2.24) is 10.2 Å². The largest absolute Gasteiger partial charge is 0.484 e. The molecule has 0 saturated carbocycles. The zero-order valence-electron chi connectivity index (χ0n) is 17.4. The Morgan fingerprint density at radius 1 is 1.10 bits per heavy atom. The summed E-state index contributed by atoms with van der Waals surface area (Å²) in [6.45, 7) is 6.48. The van der Waals surface area contributed by atoms with Gasteiger partial charge < -0.3 is 15.0 Å². The van der Waals surface area contributed by atoms with Crippen molar-refractivity contribution in [3.8, 4) is 5.75 Å². The van der Waals surface area contributed by atoms with Gasteiger partial charge in [0.15, 0.2) is 6.61 Å². The van der Waals surface area contributed by atoms with Gasteiger partial charge >= 0.3 is 0 Å². The molecule has 2 atom stereocenters. The van der Waals surface area contributed by atoms with E-state index in [4.69, 9.17) is 4.74 Å². The fourth-order valence-corrected chi connectivity index (χ4v) is 4.63. The van der Waals surface area contributed by atoms with Crippen molar-refractivity contribution >= 4 is 11.5 Å². The van der Waals surface area contributed by atoms with Crippen molar-refractivity contribution in [2.45, 2.75) is 25.3 Å². The van der Waals surface area contributed by atoms with Gasteiger partial charge in [0, 0.05) is 19.1 Å². The highest BCUT2D eigenvalue weighted by Gasteiger charge is 2.33. The second-order valence-electron chi connectivity index (χ2n) is 8.03. The van der Waals surface area contributed by atoms with E-state index in [1.807, 2.05) is 41.3 Å². The number of piperidine rings is 1. The van der Waals surface area contributed by atoms with Crippen molar-refractivity contribution in [3.05, 3.63) is 84.5 Å². The number of rotatable bonds is 6. The van der Waals surface area contributed by atoms with E-state index in [1.54, 1.807) is 0 Å². The summed E-state index contributed by atoms with van der Waals surface area (Å²) in [5.74, 6) is 1.20. The van der Waals surface area contributed by atoms with Crippen LogP contribution in [0.5, 0.6) is 5.75 Å². The van der Waals surface area contributed by atoms with Crippen LogP contribution in [-0.2, 0) is 4.79 Å². The van der Waals surface area contributed by atoms with Crippen LogP contribution < -0.4 is 10.1 Å². The third-order valence-corrected chi connectivity index (χ3v) is 6.10. The van der Waals surface area contributed by atoms with Crippen LogP contribution in [0.2, 0.25) is 0 Å². The summed E-state index contributed by atoms with van der Waals surface area (Å²) in [5, 5.41) is 3.73. The Bertz CT molecular complexity index is 892. The average Bonchev–Trinajstić information content (AvgIpc) is 2.97. The molecule has 4 heteroatoms. The smallest absolute Gasteiger partial charge is 0.260 e. The maximum absolute atomic E-state index is 12.9. The molecule has 0 aromatic heterocycles. The molecule has 2 aliphatic rings. The lowest BCUT2D eigenvalue weighted by Gasteiger charge is -2.36. The summed E-state index contributed by atoms with van der Waals surface area (Å²) in [4.78, 5) is 14.9. The molecule has 4 nitrogen and oxygen atoms in total. The number of amides is 1. The van der Waals surface area contributed by atoms with Gasteiger partial charge in [-0.05, 0) is 60.6 Å². The Kier molecular flexibility index (Phi) is 6.65. The van der Waals surface area contributed by atoms with Gasteiger partial charge in [0.1, 0.15) is 5.75 Å². The number of hydrogen-bond donors (Lipinski definition) is 1. The van der Waals surface area contributed by atoms with E-state index in [2.05, 4.69) is 42.2 Å². The highest BCUT2D eigenvalue weighted by atomic mass is 16.5. The summed E-state index contributed by atoms with van der Waals surface area (Å²) in [6, 6.07) is 20.5. The molecule has 1 N–H and O–H groups in total. The monoisotopic (exact) mass is 402 g/mol. The highest BCUT2D eigenvalue weighted by Crippen LogP contribution is 2.37. The molecule has 0 bridgehead atoms. The Balaban J connectivity index is 1.58. The molecule has 0 aliphatic carbocycles. The van der Waals surface area contributed by atoms with Crippen molar-refractivity contribution in [1.29, 1.82) is 0 Å². The van der Waals surface area contributed by atoms with Gasteiger partial charge in [0.25, 0.3) is 5.91 Å². The second kappa shape index (κ2) is 9.77. The normalized spacial score (nSPS) is 21.5. The van der Waals surface area contributed by atoms with Crippen LogP contribution in [0.3, 0.4) is 0 Å². The number of para-hydroxylation sites is 1. The zero-order chi connectivity index (χ0) is 20.8. The topological polar surface area (TPSA) is 41.6 Å². The number of fused-ring (bicyclic) bond motifs is 1. The lowest BCUT2D eigenvalue weighted by atomic mass is 9.82. The Hall–Kier alpha value is -2.85. The summed E-state index contributed by atoms with van der Waals surface area (Å²) in [6.07, 6.45) is 4.99. The van der Waals surface area contributed by atoms with Gasteiger partial charge in [0.2, 0.25) is 0 Å². The van der Waals surface area contributed by atoms with E-state index in [0.29, 0.717) is 18.5 Å². The number of carbonyl (C=O) groups excluding carboxylic acids is 1. The van der Waals surface area contributed by atoms with Gasteiger partial charge in [-0.25, -0.2) is 0 Å². The van der Waals surface area contributed by atoms with Crippen LogP contribution in [0.4, 0.5) is 0 Å². The van der Waals surface area contributed by atoms with Crippen LogP contribution in [0, 0.1) is 5.92 Å². The van der Waals surface area contributed by atoms with E-state index in [0.717, 1.165) is 38.1 Å². The molecule has 2 unspecified atom stereocenters. The molecule has 2 aromatic carbocycles. The van der Waals surface area contributed by atoms with Crippen LogP contribution in [0.15, 0.2) is 78.9 Å². The number of carbonyl (C=O) groups is 1. The molecular formula is C26H30N2O2. The molecule has 30 heavy (non-hydrogen) atoms. The van der Waals surface area contributed by atoms with Gasteiger partial charge in [-0.1, -0.05) is 54.6 Å². The maximum atomic E-state index is 12.9. The fraction of sp³-hybridized carbons (Fsp3) is 0.346. The summed E-state index contributed by atoms with van der Waals surface area (Å²) >= 11 is 0. The molecule has 0 spiro atoms. The second-order valence-corrected chi connectivity index (χ2v) is 8.03. The minimum absolute atomic E-state index is 0.0433. The SMILES string of the molecule is C=CCC1CCNC2CCN(C(=O)COc3ccccc3)CC2=C1c1ccccc1. The third kappa shape index (κ3) is 4.65. The summed E-state index contributed by atoms with van der Waals surface area (Å²) in [5.41, 5.74) is 4.01. The minimum Gasteiger partial charge on any atom is -0.484 e. The average molecular weight is 403 g/mol. The van der Waals surface area contributed by atoms with E-state index < -0.39 is 0 Å². The predicted octanol–water partition coefficient (Wildman–Crippen LogP) is 4.31. The minimum atomic E-state index is 0.0433. The predicted molar refractivity (Wildman–Crippen MR) is 121 cm³/mol. The first kappa shape index (κ1) is 20.4. The number of allylic oxidation sites excluding steroid dienone is 2. The van der Waals surface area contributed by atoms with E-state index in [-0.39, 0.29) is 12.5 Å². The van der Waals surface area contributed by atoms with Crippen molar-refractivity contribution in [3.63, 3.8) is 0 Å². The lowest BCUT2D eigenvalue weighted by molar-refractivity contribution is -0.133. The molecule has 4 rings (SSSR count). The molecule has 0 radical (unpaired) electrons. The lowest BCUT2D eigenvalue weighted by Crippen LogP contribution is -2.48. The van der Waals surface area contributed by atoms with Crippen LogP contribution in [-0.4, -0.2) is 43.1 Å². The number of nitrogens with one attached hydrogen (secondary N) is 1. The quantitative estimate of drug-likeness (QED) is 0.733. The van der Waals surface area contributed by atoms with Crippen LogP contribution in [0.25, 0.3) is 5.57 Å². The summed E-state index contributed by atoms with van der Waals surface area (Å²) in [7, 11) is 0. The molecule has 2 aliphatic heterocycles. The molecule has 2 heterocycles. The Labute approximate surface area is 179 Å². The molecule has 1 amide bonds. The number of likely N-dealkylation sites (tertiary alicyclic amines) is 1. The number of nitrogens with zero attached hydrogens (tertiary/aromatic N) is 1. The summed E-state index contributed by atoms with van der Waals surface area (Å²) < 4.78 is 5.72. The Morgan fingerprint density at radius 2 is 1.83 bits per heavy atom. The highest BCUT2D eigenvalue weighted by molar-refractivity contribution is 5.80. The first-order valence-corrected chi connectivity index (χ1v) is 10.8. The standard InChI is InChI=1S/C26H30N2O2/c1-2-9-20-14-16-27-24-15-17-28(25(29)19-30-22-12-7-4-8-13-22)18-23(24)26(20)21-10-5-3-6-11-21/h2-8,10-13,20,24,27H,1,9,14-19H2. The van der Waals surface area contributed by atoms with E-state index in [9.17, 15) is 4.79 Å². The van der Waals surface area contributed by atoms with Gasteiger partial charge in [0.05, 0.1) is 0 Å². The van der Waals surface area contributed by atoms with E-state index in [1.165, 1.54) is 16.7 Å². The van der Waals surface area contributed by atoms with Crippen molar-refractivity contribution in [2.24, 2.45) is 5.92 Å². The van der Waals surface area contributed by atoms with Crippen molar-refractivity contribution < 1.29 is 9.53 Å². The number of ether oxygens (including phenoxy) is 1. The zero-order valence-corrected chi connectivity index (χ0v) is 17.4. The maximum Gasteiger partial charge on any atom is 0.260 e. The van der Waals surface area contributed by atoms with Gasteiger partial charge in [-0.2, -0.15) is 0 Å². The van der Waals surface area contributed by atoms with Gasteiger partial charge in [-0.3, -0.25) is 4.79 Å². The fourth-order valence-electron chi connectivity index (χ4n) is 4.63.